The van der Waals surface area contributed by atoms with Gasteiger partial charge in [0.25, 0.3) is 0 Å². The van der Waals surface area contributed by atoms with Crippen molar-refractivity contribution >= 4 is 17.3 Å². The number of hydrogen-bond acceptors (Lipinski definition) is 2. The van der Waals surface area contributed by atoms with Crippen LogP contribution in [0.3, 0.4) is 0 Å². The molecule has 1 aromatic carbocycles. The fourth-order valence-electron chi connectivity index (χ4n) is 3.93. The van der Waals surface area contributed by atoms with E-state index in [1.165, 1.54) is 43.6 Å². The molecule has 3 heteroatoms. The monoisotopic (exact) mass is 292 g/mol. The lowest BCUT2D eigenvalue weighted by atomic mass is 10.0. The van der Waals surface area contributed by atoms with Crippen molar-refractivity contribution in [3.8, 4) is 0 Å². The van der Waals surface area contributed by atoms with Crippen molar-refractivity contribution in [2.45, 2.75) is 39.2 Å². The fourth-order valence-corrected chi connectivity index (χ4v) is 4.26. The number of halogens is 1. The summed E-state index contributed by atoms with van der Waals surface area (Å²) in [7, 11) is 0. The summed E-state index contributed by atoms with van der Waals surface area (Å²) in [6.45, 7) is 7.72. The van der Waals surface area contributed by atoms with Gasteiger partial charge in [-0.25, -0.2) is 0 Å². The van der Waals surface area contributed by atoms with Gasteiger partial charge in [0.05, 0.1) is 0 Å². The Bertz CT molecular complexity index is 462. The van der Waals surface area contributed by atoms with E-state index in [0.717, 1.165) is 23.4 Å². The van der Waals surface area contributed by atoms with Crippen LogP contribution in [-0.2, 0) is 0 Å². The predicted octanol–water partition coefficient (Wildman–Crippen LogP) is 4.25. The van der Waals surface area contributed by atoms with Crippen LogP contribution in [0.5, 0.6) is 0 Å². The molecule has 1 aliphatic heterocycles. The van der Waals surface area contributed by atoms with E-state index in [1.54, 1.807) is 0 Å². The van der Waals surface area contributed by atoms with Crippen molar-refractivity contribution in [2.75, 3.05) is 24.5 Å². The third-order valence-corrected chi connectivity index (χ3v) is 5.38. The van der Waals surface area contributed by atoms with E-state index < -0.39 is 0 Å². The first-order chi connectivity index (χ1) is 9.69. The smallest absolute Gasteiger partial charge is 0.0474 e. The Morgan fingerprint density at radius 2 is 2.00 bits per heavy atom. The SMILES string of the molecule is CCNC(C)c1ccc(N2CC3CCCC3C2)cc1Cl. The molecule has 2 fully saturated rings. The first kappa shape index (κ1) is 14.2. The minimum Gasteiger partial charge on any atom is -0.371 e. The topological polar surface area (TPSA) is 15.3 Å². The van der Waals surface area contributed by atoms with Crippen LogP contribution in [0.25, 0.3) is 0 Å². The lowest BCUT2D eigenvalue weighted by Gasteiger charge is -2.22. The molecular weight excluding hydrogens is 268 g/mol. The molecule has 1 saturated carbocycles. The van der Waals surface area contributed by atoms with Crippen LogP contribution < -0.4 is 10.2 Å². The van der Waals surface area contributed by atoms with Crippen molar-refractivity contribution < 1.29 is 0 Å². The summed E-state index contributed by atoms with van der Waals surface area (Å²) in [4.78, 5) is 2.53. The van der Waals surface area contributed by atoms with Gasteiger partial charge in [-0.15, -0.1) is 0 Å². The minimum absolute atomic E-state index is 0.319. The molecule has 3 atom stereocenters. The fraction of sp³-hybridized carbons (Fsp3) is 0.647. The molecule has 1 saturated heterocycles. The van der Waals surface area contributed by atoms with Crippen LogP contribution in [-0.4, -0.2) is 19.6 Å². The molecule has 1 aromatic rings. The summed E-state index contributed by atoms with van der Waals surface area (Å²) in [5.74, 6) is 1.85. The van der Waals surface area contributed by atoms with Gasteiger partial charge in [-0.1, -0.05) is 31.0 Å². The third kappa shape index (κ3) is 2.68. The van der Waals surface area contributed by atoms with E-state index in [2.05, 4.69) is 42.3 Å². The first-order valence-electron chi connectivity index (χ1n) is 7.96. The van der Waals surface area contributed by atoms with Gasteiger partial charge in [0.2, 0.25) is 0 Å². The maximum absolute atomic E-state index is 6.49. The van der Waals surface area contributed by atoms with Crippen molar-refractivity contribution in [1.29, 1.82) is 0 Å². The van der Waals surface area contributed by atoms with E-state index >= 15 is 0 Å². The van der Waals surface area contributed by atoms with Crippen LogP contribution in [0.4, 0.5) is 5.69 Å². The zero-order valence-corrected chi connectivity index (χ0v) is 13.3. The molecule has 110 valence electrons. The van der Waals surface area contributed by atoms with E-state index in [4.69, 9.17) is 11.6 Å². The highest BCUT2D eigenvalue weighted by atomic mass is 35.5. The Kier molecular flexibility index (Phi) is 4.23. The average Bonchev–Trinajstić information content (AvgIpc) is 2.99. The van der Waals surface area contributed by atoms with Gasteiger partial charge in [-0.2, -0.15) is 0 Å². The van der Waals surface area contributed by atoms with Crippen LogP contribution in [0.15, 0.2) is 18.2 Å². The molecule has 0 radical (unpaired) electrons. The third-order valence-electron chi connectivity index (χ3n) is 5.05. The zero-order valence-electron chi connectivity index (χ0n) is 12.5. The molecule has 1 N–H and O–H groups in total. The molecule has 0 aromatic heterocycles. The Balaban J connectivity index is 1.74. The van der Waals surface area contributed by atoms with Crippen molar-refractivity contribution in [2.24, 2.45) is 11.8 Å². The van der Waals surface area contributed by atoms with Gasteiger partial charge in [0.1, 0.15) is 0 Å². The molecule has 1 aliphatic carbocycles. The summed E-state index contributed by atoms with van der Waals surface area (Å²) in [6.07, 6.45) is 4.28. The second-order valence-electron chi connectivity index (χ2n) is 6.34. The number of fused-ring (bicyclic) bond motifs is 1. The summed E-state index contributed by atoms with van der Waals surface area (Å²) < 4.78 is 0. The number of benzene rings is 1. The van der Waals surface area contributed by atoms with Crippen molar-refractivity contribution in [3.05, 3.63) is 28.8 Å². The highest BCUT2D eigenvalue weighted by Gasteiger charge is 2.36. The van der Waals surface area contributed by atoms with E-state index in [-0.39, 0.29) is 0 Å². The van der Waals surface area contributed by atoms with Gasteiger partial charge < -0.3 is 10.2 Å². The highest BCUT2D eigenvalue weighted by molar-refractivity contribution is 6.31. The van der Waals surface area contributed by atoms with E-state index in [1.807, 2.05) is 0 Å². The summed E-state index contributed by atoms with van der Waals surface area (Å²) in [5.41, 5.74) is 2.51. The van der Waals surface area contributed by atoms with Crippen molar-refractivity contribution in [1.82, 2.24) is 5.32 Å². The lowest BCUT2D eigenvalue weighted by molar-refractivity contribution is 0.494. The molecule has 0 spiro atoms. The number of anilines is 1. The Hall–Kier alpha value is -0.730. The van der Waals surface area contributed by atoms with Crippen LogP contribution in [0.2, 0.25) is 5.02 Å². The molecule has 3 rings (SSSR count). The van der Waals surface area contributed by atoms with Gasteiger partial charge in [-0.3, -0.25) is 0 Å². The van der Waals surface area contributed by atoms with Gasteiger partial charge in [0, 0.05) is 29.8 Å². The maximum atomic E-state index is 6.49. The van der Waals surface area contributed by atoms with E-state index in [9.17, 15) is 0 Å². The maximum Gasteiger partial charge on any atom is 0.0474 e. The molecule has 3 unspecified atom stereocenters. The van der Waals surface area contributed by atoms with Crippen LogP contribution in [0, 0.1) is 11.8 Å². The largest absolute Gasteiger partial charge is 0.371 e. The van der Waals surface area contributed by atoms with E-state index in [0.29, 0.717) is 6.04 Å². The standard InChI is InChI=1S/C17H25ClN2/c1-3-19-12(2)16-8-7-15(9-17(16)18)20-10-13-5-4-6-14(13)11-20/h7-9,12-14,19H,3-6,10-11H2,1-2H3. The molecule has 20 heavy (non-hydrogen) atoms. The van der Waals surface area contributed by atoms with Crippen LogP contribution >= 0.6 is 11.6 Å². The molecule has 0 bridgehead atoms. The lowest BCUT2D eigenvalue weighted by Crippen LogP contribution is -2.21. The first-order valence-corrected chi connectivity index (χ1v) is 8.34. The molecule has 1 heterocycles. The number of nitrogens with one attached hydrogen (secondary N) is 1. The second-order valence-corrected chi connectivity index (χ2v) is 6.75. The van der Waals surface area contributed by atoms with Crippen molar-refractivity contribution in [3.63, 3.8) is 0 Å². The Labute approximate surface area is 127 Å². The predicted molar refractivity (Wildman–Crippen MR) is 86.6 cm³/mol. The normalized spacial score (nSPS) is 26.9. The summed E-state index contributed by atoms with van der Waals surface area (Å²) >= 11 is 6.49. The second kappa shape index (κ2) is 5.95. The average molecular weight is 293 g/mol. The highest BCUT2D eigenvalue weighted by Crippen LogP contribution is 2.40. The van der Waals surface area contributed by atoms with Gasteiger partial charge in [-0.05, 0) is 55.8 Å². The zero-order chi connectivity index (χ0) is 14.1. The van der Waals surface area contributed by atoms with Gasteiger partial charge >= 0.3 is 0 Å². The molecule has 2 aliphatic rings. The minimum atomic E-state index is 0.319. The molecule has 0 amide bonds. The molecular formula is C17H25ClN2. The summed E-state index contributed by atoms with van der Waals surface area (Å²) in [6, 6.07) is 6.92. The quantitative estimate of drug-likeness (QED) is 0.892. The Morgan fingerprint density at radius 1 is 1.30 bits per heavy atom. The molecule has 2 nitrogen and oxygen atoms in total. The number of rotatable bonds is 4. The number of hydrogen-bond donors (Lipinski definition) is 1. The summed E-state index contributed by atoms with van der Waals surface area (Å²) in [5, 5.41) is 4.32. The van der Waals surface area contributed by atoms with Gasteiger partial charge in [0.15, 0.2) is 0 Å². The number of nitrogens with zero attached hydrogens (tertiary/aromatic N) is 1. The Morgan fingerprint density at radius 3 is 2.60 bits per heavy atom. The van der Waals surface area contributed by atoms with Crippen LogP contribution in [0.1, 0.15) is 44.7 Å².